The summed E-state index contributed by atoms with van der Waals surface area (Å²) in [5.41, 5.74) is 0.530. The lowest BCUT2D eigenvalue weighted by molar-refractivity contribution is -0.154. The van der Waals surface area contributed by atoms with Gasteiger partial charge in [-0.1, -0.05) is 39.7 Å². The molecule has 0 radical (unpaired) electrons. The minimum absolute atomic E-state index is 0.0288. The Bertz CT molecular complexity index is 1150. The molecule has 0 unspecified atom stereocenters. The van der Waals surface area contributed by atoms with Crippen LogP contribution in [0, 0.1) is 23.7 Å². The first-order valence-corrected chi connectivity index (χ1v) is 11.8. The van der Waals surface area contributed by atoms with Crippen LogP contribution in [0.15, 0.2) is 48.5 Å². The number of Topliss-reactive ketones (excluding diaryl/α,β-unsaturated/α-hetero) is 1. The summed E-state index contributed by atoms with van der Waals surface area (Å²) in [5, 5.41) is 0.277. The van der Waals surface area contributed by atoms with E-state index in [-0.39, 0.29) is 45.1 Å². The van der Waals surface area contributed by atoms with Crippen molar-refractivity contribution in [2.75, 3.05) is 6.61 Å². The van der Waals surface area contributed by atoms with E-state index in [2.05, 4.69) is 15.9 Å². The Hall–Kier alpha value is -2.71. The van der Waals surface area contributed by atoms with Crippen molar-refractivity contribution in [1.29, 1.82) is 0 Å². The molecule has 7 nitrogen and oxygen atoms in total. The second-order valence-electron chi connectivity index (χ2n) is 8.39. The molecule has 9 heteroatoms. The lowest BCUT2D eigenvalue weighted by Crippen LogP contribution is -2.39. The van der Waals surface area contributed by atoms with Crippen LogP contribution in [0.25, 0.3) is 0 Å². The molecule has 3 fully saturated rings. The molecule has 2 saturated carbocycles. The molecule has 2 aromatic rings. The first-order valence-electron chi connectivity index (χ1n) is 10.5. The number of hydrogen-bond donors (Lipinski definition) is 0. The van der Waals surface area contributed by atoms with Crippen LogP contribution in [0.1, 0.15) is 27.1 Å². The van der Waals surface area contributed by atoms with E-state index < -0.39 is 36.2 Å². The summed E-state index contributed by atoms with van der Waals surface area (Å²) in [6.45, 7) is -0.441. The molecular formula is C24H18BrClO7. The van der Waals surface area contributed by atoms with Crippen molar-refractivity contribution in [3.05, 3.63) is 64.7 Å². The number of halogens is 2. The van der Waals surface area contributed by atoms with Gasteiger partial charge in [0.15, 0.2) is 12.4 Å². The Balaban J connectivity index is 1.18. The van der Waals surface area contributed by atoms with Gasteiger partial charge in [-0.25, -0.2) is 4.79 Å². The first kappa shape index (κ1) is 22.1. The summed E-state index contributed by atoms with van der Waals surface area (Å²) >= 11 is 9.55. The van der Waals surface area contributed by atoms with Crippen LogP contribution in [0.2, 0.25) is 5.02 Å². The molecule has 0 N–H and O–H groups in total. The number of alkyl halides is 1. The standard InChI is InChI=1S/C24H18BrClO7/c25-20-14-9-15-19(24(30)33-21(15)20)18(14)23(29)31-10-17(27)11-5-7-12(8-6-11)32-22(28)13-3-1-2-4-16(13)26/h1-8,14-15,18-21H,9-10H2/t14-,15-,18-,19+,20-,21+/m1/s1. The fraction of sp³-hybridized carbons (Fsp3) is 0.333. The van der Waals surface area contributed by atoms with E-state index in [0.29, 0.717) is 5.56 Å². The average molecular weight is 534 g/mol. The summed E-state index contributed by atoms with van der Waals surface area (Å²) < 4.78 is 16.0. The fourth-order valence-electron chi connectivity index (χ4n) is 5.11. The minimum atomic E-state index is -0.614. The van der Waals surface area contributed by atoms with Crippen molar-refractivity contribution >= 4 is 51.2 Å². The Morgan fingerprint density at radius 2 is 1.79 bits per heavy atom. The van der Waals surface area contributed by atoms with E-state index in [4.69, 9.17) is 25.8 Å². The van der Waals surface area contributed by atoms with Crippen LogP contribution in [0.4, 0.5) is 0 Å². The van der Waals surface area contributed by atoms with Crippen LogP contribution in [-0.4, -0.2) is 41.2 Å². The highest BCUT2D eigenvalue weighted by atomic mass is 79.9. The number of rotatable bonds is 6. The molecule has 1 saturated heterocycles. The molecule has 1 heterocycles. The number of hydrogen-bond acceptors (Lipinski definition) is 7. The molecule has 2 aliphatic carbocycles. The molecule has 170 valence electrons. The van der Waals surface area contributed by atoms with Gasteiger partial charge in [0.1, 0.15) is 11.9 Å². The molecule has 33 heavy (non-hydrogen) atoms. The van der Waals surface area contributed by atoms with E-state index >= 15 is 0 Å². The maximum Gasteiger partial charge on any atom is 0.345 e. The number of carbonyl (C=O) groups excluding carboxylic acids is 4. The topological polar surface area (TPSA) is 96.0 Å². The van der Waals surface area contributed by atoms with Gasteiger partial charge in [0, 0.05) is 11.5 Å². The molecule has 2 aromatic carbocycles. The van der Waals surface area contributed by atoms with Crippen LogP contribution < -0.4 is 4.74 Å². The maximum atomic E-state index is 12.7. The molecular weight excluding hydrogens is 516 g/mol. The van der Waals surface area contributed by atoms with Crippen molar-refractivity contribution in [2.24, 2.45) is 23.7 Å². The summed E-state index contributed by atoms with van der Waals surface area (Å²) in [6.07, 6.45) is 0.558. The third-order valence-corrected chi connectivity index (χ3v) is 8.15. The molecule has 2 bridgehead atoms. The van der Waals surface area contributed by atoms with E-state index in [1.54, 1.807) is 24.3 Å². The largest absolute Gasteiger partial charge is 0.461 e. The van der Waals surface area contributed by atoms with Crippen molar-refractivity contribution in [1.82, 2.24) is 0 Å². The van der Waals surface area contributed by atoms with Gasteiger partial charge < -0.3 is 14.2 Å². The van der Waals surface area contributed by atoms with Crippen molar-refractivity contribution in [3.8, 4) is 5.75 Å². The van der Waals surface area contributed by atoms with Crippen LogP contribution >= 0.6 is 27.5 Å². The second kappa shape index (κ2) is 8.57. The Kier molecular flexibility index (Phi) is 5.74. The van der Waals surface area contributed by atoms with Gasteiger partial charge in [0.25, 0.3) is 0 Å². The van der Waals surface area contributed by atoms with Crippen molar-refractivity contribution in [2.45, 2.75) is 17.4 Å². The number of carbonyl (C=O) groups is 4. The van der Waals surface area contributed by atoms with Crippen molar-refractivity contribution < 1.29 is 33.4 Å². The number of benzene rings is 2. The SMILES string of the molecule is O=C(COC(=O)[C@@H]1[C@H]2C[C@H]3[C@H](OC(=O)[C@@H]31)[C@@H]2Br)c1ccc(OC(=O)c2ccccc2Cl)cc1. The van der Waals surface area contributed by atoms with Crippen LogP contribution in [-0.2, 0) is 19.1 Å². The minimum Gasteiger partial charge on any atom is -0.461 e. The Labute approximate surface area is 202 Å². The van der Waals surface area contributed by atoms with E-state index in [1.165, 1.54) is 24.3 Å². The van der Waals surface area contributed by atoms with Gasteiger partial charge >= 0.3 is 17.9 Å². The molecule has 0 amide bonds. The molecule has 0 aromatic heterocycles. The zero-order chi connectivity index (χ0) is 23.3. The highest BCUT2D eigenvalue weighted by Crippen LogP contribution is 2.60. The predicted octanol–water partition coefficient (Wildman–Crippen LogP) is 3.86. The number of fused-ring (bicyclic) bond motifs is 1. The first-order chi connectivity index (χ1) is 15.8. The lowest BCUT2D eigenvalue weighted by Gasteiger charge is -2.26. The van der Waals surface area contributed by atoms with Crippen molar-refractivity contribution in [3.63, 3.8) is 0 Å². The molecule has 0 spiro atoms. The number of ether oxygens (including phenoxy) is 3. The zero-order valence-electron chi connectivity index (χ0n) is 17.1. The maximum absolute atomic E-state index is 12.7. The monoisotopic (exact) mass is 532 g/mol. The predicted molar refractivity (Wildman–Crippen MR) is 119 cm³/mol. The number of ketones is 1. The quantitative estimate of drug-likeness (QED) is 0.241. The van der Waals surface area contributed by atoms with E-state index in [9.17, 15) is 19.2 Å². The summed E-state index contributed by atoms with van der Waals surface area (Å²) in [4.78, 5) is 49.6. The van der Waals surface area contributed by atoms with Crippen LogP contribution in [0.5, 0.6) is 5.75 Å². The average Bonchev–Trinajstić information content (AvgIpc) is 3.42. The van der Waals surface area contributed by atoms with E-state index in [0.717, 1.165) is 6.42 Å². The molecule has 6 atom stereocenters. The summed E-state index contributed by atoms with van der Waals surface area (Å²) in [7, 11) is 0. The molecule has 3 aliphatic rings. The number of esters is 3. The van der Waals surface area contributed by atoms with Gasteiger partial charge in [0.2, 0.25) is 0 Å². The highest BCUT2D eigenvalue weighted by molar-refractivity contribution is 9.09. The Morgan fingerprint density at radius 1 is 1.06 bits per heavy atom. The zero-order valence-corrected chi connectivity index (χ0v) is 19.5. The smallest absolute Gasteiger partial charge is 0.345 e. The fourth-order valence-corrected chi connectivity index (χ4v) is 6.37. The molecule has 5 rings (SSSR count). The van der Waals surface area contributed by atoms with Gasteiger partial charge in [-0.15, -0.1) is 0 Å². The summed E-state index contributed by atoms with van der Waals surface area (Å²) in [6, 6.07) is 12.4. The normalized spacial score (nSPS) is 29.0. The third-order valence-electron chi connectivity index (χ3n) is 6.62. The summed E-state index contributed by atoms with van der Waals surface area (Å²) in [5.74, 6) is -2.76. The van der Waals surface area contributed by atoms with Gasteiger partial charge in [0.05, 0.1) is 27.2 Å². The van der Waals surface area contributed by atoms with Gasteiger partial charge in [-0.3, -0.25) is 14.4 Å². The second-order valence-corrected chi connectivity index (χ2v) is 9.85. The van der Waals surface area contributed by atoms with E-state index in [1.807, 2.05) is 0 Å². The lowest BCUT2D eigenvalue weighted by atomic mass is 9.80. The highest BCUT2D eigenvalue weighted by Gasteiger charge is 2.68. The Morgan fingerprint density at radius 3 is 2.52 bits per heavy atom. The third kappa shape index (κ3) is 3.85. The van der Waals surface area contributed by atoms with Gasteiger partial charge in [-0.05, 0) is 48.7 Å². The molecule has 1 aliphatic heterocycles. The van der Waals surface area contributed by atoms with Gasteiger partial charge in [-0.2, -0.15) is 0 Å². The van der Waals surface area contributed by atoms with Crippen LogP contribution in [0.3, 0.4) is 0 Å².